The zero-order chi connectivity index (χ0) is 8.27. The first-order valence-corrected chi connectivity index (χ1v) is 4.20. The molecule has 0 aliphatic rings. The maximum absolute atomic E-state index is 12.7. The van der Waals surface area contributed by atoms with Crippen LogP contribution in [0.5, 0.6) is 0 Å². The van der Waals surface area contributed by atoms with Gasteiger partial charge in [0.15, 0.2) is 0 Å². The van der Waals surface area contributed by atoms with Gasteiger partial charge < -0.3 is 5.43 Å². The van der Waals surface area contributed by atoms with Gasteiger partial charge in [-0.05, 0) is 23.8 Å². The molecule has 2 nitrogen and oxygen atoms in total. The van der Waals surface area contributed by atoms with Crippen molar-refractivity contribution in [2.24, 2.45) is 5.84 Å². The van der Waals surface area contributed by atoms with E-state index < -0.39 is 0 Å². The van der Waals surface area contributed by atoms with E-state index in [0.29, 0.717) is 11.0 Å². The molecule has 0 atom stereocenters. The molecule has 0 amide bonds. The van der Waals surface area contributed by atoms with Crippen LogP contribution in [0.3, 0.4) is 0 Å². The number of benzene rings is 1. The number of hydrazine groups is 1. The average Bonchev–Trinajstić information content (AvgIpc) is 2.03. The molecule has 1 aromatic carbocycles. The lowest BCUT2D eigenvalue weighted by atomic mass is 10.2. The molecule has 4 heteroatoms. The molecular weight excluding hydrogens is 211 g/mol. The minimum Gasteiger partial charge on any atom is -0.324 e. The molecule has 0 spiro atoms. The highest BCUT2D eigenvalue weighted by atomic mass is 79.9. The summed E-state index contributed by atoms with van der Waals surface area (Å²) >= 11 is 3.22. The van der Waals surface area contributed by atoms with Crippen LogP contribution >= 0.6 is 15.9 Å². The second-order valence-corrected chi connectivity index (χ2v) is 2.69. The highest BCUT2D eigenvalue weighted by molar-refractivity contribution is 9.08. The van der Waals surface area contributed by atoms with Crippen LogP contribution in [0.15, 0.2) is 18.2 Å². The molecule has 0 radical (unpaired) electrons. The predicted molar refractivity (Wildman–Crippen MR) is 46.8 cm³/mol. The van der Waals surface area contributed by atoms with Gasteiger partial charge in [0.05, 0.1) is 5.69 Å². The third-order valence-corrected chi connectivity index (χ3v) is 1.93. The molecule has 0 aliphatic heterocycles. The maximum atomic E-state index is 12.7. The second kappa shape index (κ2) is 3.69. The van der Waals surface area contributed by atoms with Crippen molar-refractivity contribution in [3.63, 3.8) is 0 Å². The number of rotatable bonds is 2. The number of anilines is 1. The summed E-state index contributed by atoms with van der Waals surface area (Å²) in [5, 5.41) is 0.624. The van der Waals surface area contributed by atoms with Gasteiger partial charge in [-0.3, -0.25) is 5.84 Å². The third kappa shape index (κ3) is 2.17. The first kappa shape index (κ1) is 8.49. The van der Waals surface area contributed by atoms with Crippen LogP contribution in [-0.2, 0) is 5.33 Å². The second-order valence-electron chi connectivity index (χ2n) is 2.13. The van der Waals surface area contributed by atoms with Crippen LogP contribution in [0.1, 0.15) is 5.56 Å². The Bertz CT molecular complexity index is 230. The van der Waals surface area contributed by atoms with Crippen molar-refractivity contribution >= 4 is 21.6 Å². The fraction of sp³-hybridized carbons (Fsp3) is 0.143. The molecule has 11 heavy (non-hydrogen) atoms. The molecule has 0 saturated carbocycles. The minimum atomic E-state index is -0.282. The van der Waals surface area contributed by atoms with Crippen molar-refractivity contribution in [1.29, 1.82) is 0 Å². The Morgan fingerprint density at radius 3 is 2.73 bits per heavy atom. The van der Waals surface area contributed by atoms with Gasteiger partial charge in [-0.25, -0.2) is 4.39 Å². The highest BCUT2D eigenvalue weighted by Crippen LogP contribution is 2.14. The maximum Gasteiger partial charge on any atom is 0.125 e. The van der Waals surface area contributed by atoms with E-state index in [1.54, 1.807) is 6.07 Å². The Labute approximate surface area is 72.7 Å². The van der Waals surface area contributed by atoms with Crippen molar-refractivity contribution < 1.29 is 4.39 Å². The number of alkyl halides is 1. The summed E-state index contributed by atoms with van der Waals surface area (Å²) in [4.78, 5) is 0. The van der Waals surface area contributed by atoms with Gasteiger partial charge >= 0.3 is 0 Å². The van der Waals surface area contributed by atoms with E-state index in [0.717, 1.165) is 5.56 Å². The molecule has 0 aliphatic carbocycles. The Morgan fingerprint density at radius 2 is 2.18 bits per heavy atom. The van der Waals surface area contributed by atoms with Crippen molar-refractivity contribution in [1.82, 2.24) is 0 Å². The fourth-order valence-corrected chi connectivity index (χ4v) is 1.13. The number of hydrogen-bond donors (Lipinski definition) is 2. The summed E-state index contributed by atoms with van der Waals surface area (Å²) in [7, 11) is 0. The van der Waals surface area contributed by atoms with Gasteiger partial charge in [0.1, 0.15) is 5.82 Å². The number of hydrogen-bond acceptors (Lipinski definition) is 2. The Morgan fingerprint density at radius 1 is 1.45 bits per heavy atom. The molecule has 3 N–H and O–H groups in total. The first-order valence-electron chi connectivity index (χ1n) is 3.08. The lowest BCUT2D eigenvalue weighted by Gasteiger charge is -2.01. The molecular formula is C7H8BrFN2. The van der Waals surface area contributed by atoms with Gasteiger partial charge in [-0.1, -0.05) is 15.9 Å². The van der Waals surface area contributed by atoms with Crippen molar-refractivity contribution in [3.8, 4) is 0 Å². The van der Waals surface area contributed by atoms with Crippen LogP contribution in [0.25, 0.3) is 0 Å². The van der Waals surface area contributed by atoms with E-state index >= 15 is 0 Å². The van der Waals surface area contributed by atoms with Gasteiger partial charge in [0.2, 0.25) is 0 Å². The zero-order valence-electron chi connectivity index (χ0n) is 5.77. The molecule has 0 aromatic heterocycles. The molecule has 1 rings (SSSR count). The van der Waals surface area contributed by atoms with Gasteiger partial charge in [-0.15, -0.1) is 0 Å². The Balaban J connectivity index is 3.02. The first-order chi connectivity index (χ1) is 5.26. The standard InChI is InChI=1S/C7H8BrFN2/c8-4-5-1-6(9)3-7(2-5)11-10/h1-3,11H,4,10H2. The van der Waals surface area contributed by atoms with E-state index in [2.05, 4.69) is 21.4 Å². The summed E-state index contributed by atoms with van der Waals surface area (Å²) in [6.45, 7) is 0. The molecule has 0 heterocycles. The van der Waals surface area contributed by atoms with Crippen LogP contribution in [0, 0.1) is 5.82 Å². The van der Waals surface area contributed by atoms with Crippen molar-refractivity contribution in [2.75, 3.05) is 5.43 Å². The zero-order valence-corrected chi connectivity index (χ0v) is 7.36. The number of nitrogens with one attached hydrogen (secondary N) is 1. The molecule has 0 fully saturated rings. The molecule has 0 unspecified atom stereocenters. The van der Waals surface area contributed by atoms with Gasteiger partial charge in [0.25, 0.3) is 0 Å². The third-order valence-electron chi connectivity index (χ3n) is 1.28. The van der Waals surface area contributed by atoms with E-state index in [4.69, 9.17) is 5.84 Å². The normalized spacial score (nSPS) is 9.73. The van der Waals surface area contributed by atoms with E-state index in [1.807, 2.05) is 0 Å². The van der Waals surface area contributed by atoms with Crippen molar-refractivity contribution in [2.45, 2.75) is 5.33 Å². The van der Waals surface area contributed by atoms with Gasteiger partial charge in [0, 0.05) is 5.33 Å². The number of halogens is 2. The lowest BCUT2D eigenvalue weighted by molar-refractivity contribution is 0.627. The van der Waals surface area contributed by atoms with Crippen LogP contribution in [-0.4, -0.2) is 0 Å². The fourth-order valence-electron chi connectivity index (χ4n) is 0.811. The van der Waals surface area contributed by atoms with Crippen molar-refractivity contribution in [3.05, 3.63) is 29.6 Å². The van der Waals surface area contributed by atoms with E-state index in [1.165, 1.54) is 12.1 Å². The molecule has 1 aromatic rings. The van der Waals surface area contributed by atoms with Crippen LogP contribution < -0.4 is 11.3 Å². The summed E-state index contributed by atoms with van der Waals surface area (Å²) in [6.07, 6.45) is 0. The number of nitrogens with two attached hydrogens (primary N) is 1. The van der Waals surface area contributed by atoms with Crippen LogP contribution in [0.4, 0.5) is 10.1 Å². The monoisotopic (exact) mass is 218 g/mol. The summed E-state index contributed by atoms with van der Waals surface area (Å²) in [5.74, 6) is 4.83. The minimum absolute atomic E-state index is 0.282. The smallest absolute Gasteiger partial charge is 0.125 e. The average molecular weight is 219 g/mol. The summed E-state index contributed by atoms with van der Waals surface area (Å²) in [6, 6.07) is 4.57. The molecule has 60 valence electrons. The molecule has 0 saturated heterocycles. The topological polar surface area (TPSA) is 38.0 Å². The summed E-state index contributed by atoms with van der Waals surface area (Å²) in [5.41, 5.74) is 3.82. The van der Waals surface area contributed by atoms with E-state index in [-0.39, 0.29) is 5.82 Å². The highest BCUT2D eigenvalue weighted by Gasteiger charge is 1.97. The lowest BCUT2D eigenvalue weighted by Crippen LogP contribution is -2.07. The Hall–Kier alpha value is -0.610. The SMILES string of the molecule is NNc1cc(F)cc(CBr)c1. The molecule has 0 bridgehead atoms. The van der Waals surface area contributed by atoms with Crippen LogP contribution in [0.2, 0.25) is 0 Å². The largest absolute Gasteiger partial charge is 0.324 e. The van der Waals surface area contributed by atoms with Gasteiger partial charge in [-0.2, -0.15) is 0 Å². The van der Waals surface area contributed by atoms with E-state index in [9.17, 15) is 4.39 Å². The summed E-state index contributed by atoms with van der Waals surface area (Å²) < 4.78 is 12.7. The quantitative estimate of drug-likeness (QED) is 0.453. The predicted octanol–water partition coefficient (Wildman–Crippen LogP) is 2.01. The Kier molecular flexibility index (Phi) is 2.84. The number of nitrogen functional groups attached to an aromatic ring is 1.